The Hall–Kier alpha value is -2.74. The fourth-order valence-corrected chi connectivity index (χ4v) is 2.84. The molecule has 1 aromatic carbocycles. The summed E-state index contributed by atoms with van der Waals surface area (Å²) in [5.41, 5.74) is 2.64. The molecule has 136 valence electrons. The molecule has 0 aliphatic rings. The van der Waals surface area contributed by atoms with Gasteiger partial charge in [0.15, 0.2) is 17.5 Å². The van der Waals surface area contributed by atoms with Crippen molar-refractivity contribution in [2.45, 2.75) is 25.9 Å². The number of esters is 1. The van der Waals surface area contributed by atoms with Gasteiger partial charge in [0.2, 0.25) is 5.91 Å². The van der Waals surface area contributed by atoms with Crippen molar-refractivity contribution in [3.8, 4) is 0 Å². The zero-order chi connectivity index (χ0) is 19.1. The Morgan fingerprint density at radius 1 is 1.08 bits per heavy atom. The first-order valence-corrected chi connectivity index (χ1v) is 8.83. The predicted octanol–water partition coefficient (Wildman–Crippen LogP) is 2.57. The average Bonchev–Trinajstić information content (AvgIpc) is 2.57. The number of aryl methyl sites for hydroxylation is 2. The number of anilines is 1. The molecule has 0 bridgehead atoms. The van der Waals surface area contributed by atoms with Gasteiger partial charge in [-0.1, -0.05) is 11.8 Å². The van der Waals surface area contributed by atoms with E-state index < -0.39 is 5.97 Å². The molecule has 0 aliphatic carbocycles. The van der Waals surface area contributed by atoms with Crippen molar-refractivity contribution < 1.29 is 19.1 Å². The Morgan fingerprint density at radius 3 is 2.27 bits per heavy atom. The maximum atomic E-state index is 12.1. The molecule has 0 radical (unpaired) electrons. The Morgan fingerprint density at radius 2 is 1.69 bits per heavy atom. The van der Waals surface area contributed by atoms with Crippen molar-refractivity contribution >= 4 is 35.1 Å². The molecular weight excluding hydrogens is 354 g/mol. The van der Waals surface area contributed by atoms with E-state index in [9.17, 15) is 14.4 Å². The molecule has 0 spiro atoms. The minimum Gasteiger partial charge on any atom is -0.457 e. The van der Waals surface area contributed by atoms with Crippen LogP contribution in [0.2, 0.25) is 0 Å². The van der Waals surface area contributed by atoms with Crippen LogP contribution in [0.3, 0.4) is 0 Å². The summed E-state index contributed by atoms with van der Waals surface area (Å²) in [5, 5.41) is 3.11. The van der Waals surface area contributed by atoms with E-state index in [1.165, 1.54) is 6.92 Å². The summed E-state index contributed by atoms with van der Waals surface area (Å²) in [6, 6.07) is 8.21. The maximum Gasteiger partial charge on any atom is 0.316 e. The number of nitrogens with one attached hydrogen (secondary N) is 1. The van der Waals surface area contributed by atoms with Crippen molar-refractivity contribution in [2.24, 2.45) is 0 Å². The van der Waals surface area contributed by atoms with Gasteiger partial charge in [0.25, 0.3) is 0 Å². The number of aromatic nitrogens is 2. The number of ketones is 1. The lowest BCUT2D eigenvalue weighted by molar-refractivity contribution is -0.139. The predicted molar refractivity (Wildman–Crippen MR) is 98.3 cm³/mol. The quantitative estimate of drug-likeness (QED) is 0.345. The van der Waals surface area contributed by atoms with E-state index in [2.05, 4.69) is 15.3 Å². The van der Waals surface area contributed by atoms with Crippen LogP contribution in [0.5, 0.6) is 0 Å². The normalized spacial score (nSPS) is 10.3. The average molecular weight is 373 g/mol. The molecule has 26 heavy (non-hydrogen) atoms. The van der Waals surface area contributed by atoms with Crippen LogP contribution in [0.25, 0.3) is 0 Å². The van der Waals surface area contributed by atoms with Crippen LogP contribution in [0.1, 0.15) is 28.7 Å². The summed E-state index contributed by atoms with van der Waals surface area (Å²) in [6.07, 6.45) is 0. The molecule has 0 fully saturated rings. The van der Waals surface area contributed by atoms with Gasteiger partial charge < -0.3 is 10.1 Å². The number of Topliss-reactive ketones (excluding diaryl/α,β-unsaturated/α-hetero) is 1. The topological polar surface area (TPSA) is 98.2 Å². The van der Waals surface area contributed by atoms with Crippen LogP contribution < -0.4 is 5.32 Å². The first-order valence-electron chi connectivity index (χ1n) is 7.85. The SMILES string of the molecule is CC(=O)Nc1ccc(C(=O)COC(=O)CSc2nc(C)cc(C)n2)cc1. The van der Waals surface area contributed by atoms with Crippen molar-refractivity contribution in [1.82, 2.24) is 9.97 Å². The molecule has 1 heterocycles. The molecule has 0 saturated carbocycles. The lowest BCUT2D eigenvalue weighted by Gasteiger charge is -2.06. The summed E-state index contributed by atoms with van der Waals surface area (Å²) in [6.45, 7) is 4.77. The second-order valence-electron chi connectivity index (χ2n) is 5.56. The molecule has 0 unspecified atom stereocenters. The Kier molecular flexibility index (Phi) is 6.85. The molecule has 0 saturated heterocycles. The number of nitrogens with zero attached hydrogens (tertiary/aromatic N) is 2. The van der Waals surface area contributed by atoms with E-state index in [0.717, 1.165) is 23.1 Å². The van der Waals surface area contributed by atoms with Crippen molar-refractivity contribution in [2.75, 3.05) is 17.7 Å². The standard InChI is InChI=1S/C18H19N3O4S/c1-11-8-12(2)20-18(19-11)26-10-17(24)25-9-16(23)14-4-6-15(7-5-14)21-13(3)22/h4-8H,9-10H2,1-3H3,(H,21,22). The Labute approximate surface area is 155 Å². The first kappa shape index (κ1) is 19.6. The van der Waals surface area contributed by atoms with Crippen molar-refractivity contribution in [3.63, 3.8) is 0 Å². The van der Waals surface area contributed by atoms with Gasteiger partial charge in [0.1, 0.15) is 0 Å². The van der Waals surface area contributed by atoms with Crippen molar-refractivity contribution in [3.05, 3.63) is 47.3 Å². The van der Waals surface area contributed by atoms with E-state index in [0.29, 0.717) is 16.4 Å². The third-order valence-electron chi connectivity index (χ3n) is 3.17. The molecular formula is C18H19N3O4S. The number of amides is 1. The van der Waals surface area contributed by atoms with Gasteiger partial charge in [0.05, 0.1) is 5.75 Å². The van der Waals surface area contributed by atoms with Crippen LogP contribution >= 0.6 is 11.8 Å². The van der Waals surface area contributed by atoms with Crippen molar-refractivity contribution in [1.29, 1.82) is 0 Å². The van der Waals surface area contributed by atoms with Crippen LogP contribution in [0.15, 0.2) is 35.5 Å². The molecule has 7 nitrogen and oxygen atoms in total. The highest BCUT2D eigenvalue weighted by Crippen LogP contribution is 2.14. The highest BCUT2D eigenvalue weighted by Gasteiger charge is 2.12. The van der Waals surface area contributed by atoms with Gasteiger partial charge in [-0.15, -0.1) is 0 Å². The smallest absolute Gasteiger partial charge is 0.316 e. The molecule has 8 heteroatoms. The lowest BCUT2D eigenvalue weighted by atomic mass is 10.1. The maximum absolute atomic E-state index is 12.1. The highest BCUT2D eigenvalue weighted by atomic mass is 32.2. The number of benzene rings is 1. The third kappa shape index (κ3) is 6.29. The largest absolute Gasteiger partial charge is 0.457 e. The van der Waals surface area contributed by atoms with E-state index in [1.54, 1.807) is 24.3 Å². The minimum absolute atomic E-state index is 0.0254. The van der Waals surface area contributed by atoms with Gasteiger partial charge in [-0.25, -0.2) is 9.97 Å². The number of carbonyl (C=O) groups excluding carboxylic acids is 3. The summed E-state index contributed by atoms with van der Waals surface area (Å²) >= 11 is 1.16. The molecule has 0 atom stereocenters. The van der Waals surface area contributed by atoms with E-state index in [1.807, 2.05) is 19.9 Å². The number of thioether (sulfide) groups is 1. The summed E-state index contributed by atoms with van der Waals surface area (Å²) < 4.78 is 5.00. The summed E-state index contributed by atoms with van der Waals surface area (Å²) in [4.78, 5) is 43.3. The van der Waals surface area contributed by atoms with Gasteiger partial charge >= 0.3 is 5.97 Å². The molecule has 1 aromatic heterocycles. The van der Waals surface area contributed by atoms with Crippen LogP contribution in [-0.2, 0) is 14.3 Å². The second-order valence-corrected chi connectivity index (χ2v) is 6.51. The van der Waals surface area contributed by atoms with Crippen LogP contribution in [-0.4, -0.2) is 40.0 Å². The summed E-state index contributed by atoms with van der Waals surface area (Å²) in [7, 11) is 0. The Balaban J connectivity index is 1.80. The zero-order valence-electron chi connectivity index (χ0n) is 14.7. The van der Waals surface area contributed by atoms with Gasteiger partial charge in [-0.2, -0.15) is 0 Å². The van der Waals surface area contributed by atoms with Gasteiger partial charge in [-0.3, -0.25) is 14.4 Å². The van der Waals surface area contributed by atoms with Crippen LogP contribution in [0.4, 0.5) is 5.69 Å². The molecule has 2 aromatic rings. The fourth-order valence-electron chi connectivity index (χ4n) is 2.10. The first-order chi connectivity index (χ1) is 12.3. The minimum atomic E-state index is -0.513. The van der Waals surface area contributed by atoms with Gasteiger partial charge in [-0.05, 0) is 44.2 Å². The number of ether oxygens (including phenoxy) is 1. The second kappa shape index (κ2) is 9.10. The summed E-state index contributed by atoms with van der Waals surface area (Å²) in [5.74, 6) is -0.998. The van der Waals surface area contributed by atoms with Crippen LogP contribution in [0, 0.1) is 13.8 Å². The zero-order valence-corrected chi connectivity index (χ0v) is 15.6. The van der Waals surface area contributed by atoms with E-state index in [-0.39, 0.29) is 24.1 Å². The number of rotatable bonds is 7. The number of hydrogen-bond donors (Lipinski definition) is 1. The molecule has 1 amide bonds. The molecule has 0 aliphatic heterocycles. The number of carbonyl (C=O) groups is 3. The monoisotopic (exact) mass is 373 g/mol. The van der Waals surface area contributed by atoms with E-state index >= 15 is 0 Å². The third-order valence-corrected chi connectivity index (χ3v) is 3.99. The molecule has 1 N–H and O–H groups in total. The highest BCUT2D eigenvalue weighted by molar-refractivity contribution is 7.99. The Bertz CT molecular complexity index is 801. The van der Waals surface area contributed by atoms with E-state index in [4.69, 9.17) is 4.74 Å². The fraction of sp³-hybridized carbons (Fsp3) is 0.278. The molecule has 2 rings (SSSR count). The lowest BCUT2D eigenvalue weighted by Crippen LogP contribution is -2.16. The number of hydrogen-bond acceptors (Lipinski definition) is 7. The van der Waals surface area contributed by atoms with Gasteiger partial charge in [0, 0.05) is 29.6 Å².